The van der Waals surface area contributed by atoms with Gasteiger partial charge >= 0.3 is 0 Å². The molecule has 3 rings (SSSR count). The molecule has 1 heterocycles. The van der Waals surface area contributed by atoms with Gasteiger partial charge in [-0.3, -0.25) is 0 Å². The van der Waals surface area contributed by atoms with Gasteiger partial charge in [0.15, 0.2) is 17.3 Å². The van der Waals surface area contributed by atoms with Gasteiger partial charge < -0.3 is 25.3 Å². The number of nitrogens with zero attached hydrogens (tertiary/aromatic N) is 2. The number of methoxy groups -OCH3 is 2. The third-order valence-corrected chi connectivity index (χ3v) is 3.74. The Bertz CT molecular complexity index is 869. The van der Waals surface area contributed by atoms with Crippen LogP contribution in [0, 0.1) is 0 Å². The number of nitrogens with one attached hydrogen (secondary N) is 1. The van der Waals surface area contributed by atoms with Crippen molar-refractivity contribution in [2.75, 3.05) is 25.3 Å². The highest BCUT2D eigenvalue weighted by molar-refractivity contribution is 5.67. The van der Waals surface area contributed by atoms with Crippen LogP contribution in [-0.4, -0.2) is 24.2 Å². The second-order valence-electron chi connectivity index (χ2n) is 5.40. The summed E-state index contributed by atoms with van der Waals surface area (Å²) in [6.45, 7) is 0.555. The first-order valence-electron chi connectivity index (χ1n) is 7.99. The van der Waals surface area contributed by atoms with Crippen LogP contribution in [0.15, 0.2) is 54.9 Å². The van der Waals surface area contributed by atoms with E-state index in [1.807, 2.05) is 36.4 Å². The van der Waals surface area contributed by atoms with E-state index < -0.39 is 0 Å². The summed E-state index contributed by atoms with van der Waals surface area (Å²) in [6, 6.07) is 15.0. The van der Waals surface area contributed by atoms with E-state index in [4.69, 9.17) is 19.9 Å². The second-order valence-corrected chi connectivity index (χ2v) is 5.40. The number of benzene rings is 2. The molecule has 0 saturated heterocycles. The molecule has 0 radical (unpaired) electrons. The Kier molecular flexibility index (Phi) is 5.38. The number of rotatable bonds is 7. The van der Waals surface area contributed by atoms with Gasteiger partial charge in [-0.15, -0.1) is 0 Å². The van der Waals surface area contributed by atoms with Gasteiger partial charge in [0.2, 0.25) is 5.88 Å². The van der Waals surface area contributed by atoms with Crippen LogP contribution >= 0.6 is 0 Å². The average molecular weight is 352 g/mol. The lowest BCUT2D eigenvalue weighted by Crippen LogP contribution is -2.07. The van der Waals surface area contributed by atoms with Gasteiger partial charge in [-0.05, 0) is 29.8 Å². The molecule has 0 fully saturated rings. The van der Waals surface area contributed by atoms with Crippen LogP contribution in [-0.2, 0) is 6.54 Å². The molecule has 0 aliphatic carbocycles. The molecular formula is C19H20N4O3. The highest BCUT2D eigenvalue weighted by Crippen LogP contribution is 2.34. The first-order valence-corrected chi connectivity index (χ1v) is 7.99. The average Bonchev–Trinajstić information content (AvgIpc) is 2.69. The Hall–Kier alpha value is -3.48. The van der Waals surface area contributed by atoms with Crippen molar-refractivity contribution in [1.82, 2.24) is 9.97 Å². The highest BCUT2D eigenvalue weighted by atomic mass is 16.5. The molecule has 3 aromatic rings. The van der Waals surface area contributed by atoms with E-state index in [1.165, 1.54) is 6.33 Å². The molecule has 0 unspecified atom stereocenters. The van der Waals surface area contributed by atoms with Gasteiger partial charge in [0.05, 0.1) is 14.2 Å². The molecule has 134 valence electrons. The summed E-state index contributed by atoms with van der Waals surface area (Å²) < 4.78 is 16.2. The first-order chi connectivity index (χ1) is 12.7. The number of hydrogen-bond acceptors (Lipinski definition) is 7. The van der Waals surface area contributed by atoms with Crippen LogP contribution in [0.25, 0.3) is 0 Å². The normalized spacial score (nSPS) is 10.2. The molecule has 7 heteroatoms. The lowest BCUT2D eigenvalue weighted by atomic mass is 10.2. The van der Waals surface area contributed by atoms with E-state index in [-0.39, 0.29) is 5.88 Å². The number of hydrogen-bond donors (Lipinski definition) is 2. The Morgan fingerprint density at radius 3 is 2.35 bits per heavy atom. The number of anilines is 2. The molecule has 0 aliphatic heterocycles. The minimum Gasteiger partial charge on any atom is -0.497 e. The van der Waals surface area contributed by atoms with Crippen molar-refractivity contribution in [2.24, 2.45) is 0 Å². The maximum absolute atomic E-state index is 6.16. The highest BCUT2D eigenvalue weighted by Gasteiger charge is 2.12. The lowest BCUT2D eigenvalue weighted by Gasteiger charge is -2.13. The molecule has 3 N–H and O–H groups in total. The molecular weight excluding hydrogens is 332 g/mol. The number of aromatic nitrogens is 2. The maximum atomic E-state index is 6.16. The topological polar surface area (TPSA) is 91.5 Å². The zero-order chi connectivity index (χ0) is 18.4. The molecule has 7 nitrogen and oxygen atoms in total. The van der Waals surface area contributed by atoms with Crippen LogP contribution < -0.4 is 25.3 Å². The van der Waals surface area contributed by atoms with Gasteiger partial charge in [-0.25, -0.2) is 4.98 Å². The van der Waals surface area contributed by atoms with Gasteiger partial charge in [-0.1, -0.05) is 24.3 Å². The lowest BCUT2D eigenvalue weighted by molar-refractivity contribution is 0.374. The molecule has 1 aromatic heterocycles. The summed E-state index contributed by atoms with van der Waals surface area (Å²) in [7, 11) is 3.21. The van der Waals surface area contributed by atoms with Crippen molar-refractivity contribution in [3.05, 3.63) is 60.4 Å². The minimum atomic E-state index is 0.265. The summed E-state index contributed by atoms with van der Waals surface area (Å²) >= 11 is 0. The molecule has 0 spiro atoms. The fourth-order valence-corrected chi connectivity index (χ4v) is 2.34. The third kappa shape index (κ3) is 3.94. The van der Waals surface area contributed by atoms with Gasteiger partial charge in [0.1, 0.15) is 17.8 Å². The van der Waals surface area contributed by atoms with Gasteiger partial charge in [-0.2, -0.15) is 4.98 Å². The summed E-state index contributed by atoms with van der Waals surface area (Å²) in [4.78, 5) is 8.31. The smallest absolute Gasteiger partial charge is 0.248 e. The quantitative estimate of drug-likeness (QED) is 0.672. The summed E-state index contributed by atoms with van der Waals surface area (Å²) in [5.41, 5.74) is 7.55. The predicted molar refractivity (Wildman–Crippen MR) is 99.8 cm³/mol. The van der Waals surface area contributed by atoms with Gasteiger partial charge in [0, 0.05) is 6.54 Å². The van der Waals surface area contributed by atoms with Crippen molar-refractivity contribution in [2.45, 2.75) is 6.54 Å². The summed E-state index contributed by atoms with van der Waals surface area (Å²) in [5, 5.41) is 3.19. The Morgan fingerprint density at radius 2 is 1.65 bits per heavy atom. The van der Waals surface area contributed by atoms with Crippen molar-refractivity contribution in [3.8, 4) is 23.1 Å². The molecule has 0 bridgehead atoms. The van der Waals surface area contributed by atoms with E-state index in [2.05, 4.69) is 15.3 Å². The fourth-order valence-electron chi connectivity index (χ4n) is 2.34. The Balaban J connectivity index is 1.74. The molecule has 0 aliphatic rings. The first kappa shape index (κ1) is 17.3. The molecule has 0 amide bonds. The predicted octanol–water partition coefficient (Wildman–Crippen LogP) is 3.48. The standard InChI is InChI=1S/C19H20N4O3/c1-24-14-9-7-13(8-10-14)11-21-18-17(20)19(23-12-22-18)26-16-6-4-3-5-15(16)25-2/h3-10,12H,11,20H2,1-2H3,(H,21,22,23). The Labute approximate surface area is 151 Å². The van der Waals surface area contributed by atoms with Crippen molar-refractivity contribution >= 4 is 11.5 Å². The number of nitrogens with two attached hydrogens (primary N) is 1. The SMILES string of the molecule is COc1ccc(CNc2ncnc(Oc3ccccc3OC)c2N)cc1. The van der Waals surface area contributed by atoms with Crippen molar-refractivity contribution < 1.29 is 14.2 Å². The van der Waals surface area contributed by atoms with Crippen molar-refractivity contribution in [3.63, 3.8) is 0 Å². The largest absolute Gasteiger partial charge is 0.497 e. The zero-order valence-corrected chi connectivity index (χ0v) is 14.6. The second kappa shape index (κ2) is 8.06. The zero-order valence-electron chi connectivity index (χ0n) is 14.6. The van der Waals surface area contributed by atoms with Crippen LogP contribution in [0.2, 0.25) is 0 Å². The fraction of sp³-hybridized carbons (Fsp3) is 0.158. The van der Waals surface area contributed by atoms with Crippen LogP contribution in [0.1, 0.15) is 5.56 Å². The van der Waals surface area contributed by atoms with Crippen LogP contribution in [0.5, 0.6) is 23.1 Å². The Morgan fingerprint density at radius 1 is 0.923 bits per heavy atom. The van der Waals surface area contributed by atoms with Crippen LogP contribution in [0.3, 0.4) is 0 Å². The summed E-state index contributed by atoms with van der Waals surface area (Å²) in [6.07, 6.45) is 1.40. The minimum absolute atomic E-state index is 0.265. The molecule has 2 aromatic carbocycles. The maximum Gasteiger partial charge on any atom is 0.248 e. The molecule has 0 saturated carbocycles. The molecule has 26 heavy (non-hydrogen) atoms. The summed E-state index contributed by atoms with van der Waals surface area (Å²) in [5.74, 6) is 2.70. The van der Waals surface area contributed by atoms with E-state index in [9.17, 15) is 0 Å². The monoisotopic (exact) mass is 352 g/mol. The van der Waals surface area contributed by atoms with E-state index in [0.29, 0.717) is 29.5 Å². The van der Waals surface area contributed by atoms with Crippen molar-refractivity contribution in [1.29, 1.82) is 0 Å². The van der Waals surface area contributed by atoms with E-state index >= 15 is 0 Å². The number of nitrogen functional groups attached to an aromatic ring is 1. The van der Waals surface area contributed by atoms with Gasteiger partial charge in [0.25, 0.3) is 0 Å². The third-order valence-electron chi connectivity index (χ3n) is 3.74. The number of para-hydroxylation sites is 2. The molecule has 0 atom stereocenters. The van der Waals surface area contributed by atoms with Crippen LogP contribution in [0.4, 0.5) is 11.5 Å². The van der Waals surface area contributed by atoms with E-state index in [0.717, 1.165) is 11.3 Å². The van der Waals surface area contributed by atoms with E-state index in [1.54, 1.807) is 26.4 Å². The number of ether oxygens (including phenoxy) is 3.